The molecule has 2 atom stereocenters. The van der Waals surface area contributed by atoms with E-state index in [1.807, 2.05) is 26.8 Å². The molecule has 2 unspecified atom stereocenters. The molecule has 0 saturated heterocycles. The van der Waals surface area contributed by atoms with Gasteiger partial charge in [0.05, 0.1) is 5.92 Å². The summed E-state index contributed by atoms with van der Waals surface area (Å²) in [6, 6.07) is 5.13. The topological polar surface area (TPSA) is 37.3 Å². The van der Waals surface area contributed by atoms with Gasteiger partial charge in [-0.05, 0) is 34.9 Å². The fraction of sp³-hybridized carbons (Fsp3) is 0.500. The van der Waals surface area contributed by atoms with Crippen LogP contribution in [0.4, 0.5) is 4.39 Å². The standard InChI is InChI=1S/C14H17FO2/c1-14(2,3)11-5-4-8(6-12(11)15)9-7-10(9)13(16)17/h4-6,9-10H,7H2,1-3H3,(H,16,17). The second-order valence-electron chi connectivity index (χ2n) is 5.78. The second kappa shape index (κ2) is 3.83. The van der Waals surface area contributed by atoms with Crippen molar-refractivity contribution < 1.29 is 14.3 Å². The summed E-state index contributed by atoms with van der Waals surface area (Å²) in [5.74, 6) is -1.34. The normalized spacial score (nSPS) is 23.5. The van der Waals surface area contributed by atoms with Gasteiger partial charge in [-0.2, -0.15) is 0 Å². The highest BCUT2D eigenvalue weighted by Crippen LogP contribution is 2.48. The Labute approximate surface area is 100 Å². The van der Waals surface area contributed by atoms with Crippen molar-refractivity contribution in [3.63, 3.8) is 0 Å². The van der Waals surface area contributed by atoms with E-state index in [1.54, 1.807) is 6.07 Å². The highest BCUT2D eigenvalue weighted by atomic mass is 19.1. The zero-order chi connectivity index (χ0) is 12.8. The first kappa shape index (κ1) is 12.1. The van der Waals surface area contributed by atoms with E-state index >= 15 is 0 Å². The maximum absolute atomic E-state index is 13.9. The Morgan fingerprint density at radius 1 is 1.41 bits per heavy atom. The number of halogens is 1. The number of benzene rings is 1. The van der Waals surface area contributed by atoms with Crippen LogP contribution < -0.4 is 0 Å². The monoisotopic (exact) mass is 236 g/mol. The largest absolute Gasteiger partial charge is 0.481 e. The molecule has 1 aromatic carbocycles. The average molecular weight is 236 g/mol. The van der Waals surface area contributed by atoms with Crippen molar-refractivity contribution >= 4 is 5.97 Å². The summed E-state index contributed by atoms with van der Waals surface area (Å²) in [7, 11) is 0. The molecule has 0 aromatic heterocycles. The van der Waals surface area contributed by atoms with Crippen molar-refractivity contribution in [2.75, 3.05) is 0 Å². The van der Waals surface area contributed by atoms with Gasteiger partial charge in [-0.3, -0.25) is 4.79 Å². The van der Waals surface area contributed by atoms with Gasteiger partial charge in [0.1, 0.15) is 5.82 Å². The zero-order valence-corrected chi connectivity index (χ0v) is 10.3. The third-order valence-electron chi connectivity index (χ3n) is 3.34. The lowest BCUT2D eigenvalue weighted by atomic mass is 9.86. The van der Waals surface area contributed by atoms with E-state index < -0.39 is 5.97 Å². The molecule has 0 heterocycles. The van der Waals surface area contributed by atoms with Crippen LogP contribution in [0.3, 0.4) is 0 Å². The van der Waals surface area contributed by atoms with Gasteiger partial charge in [-0.25, -0.2) is 4.39 Å². The fourth-order valence-electron chi connectivity index (χ4n) is 2.21. The highest BCUT2D eigenvalue weighted by molar-refractivity contribution is 5.75. The minimum Gasteiger partial charge on any atom is -0.481 e. The summed E-state index contributed by atoms with van der Waals surface area (Å²) < 4.78 is 13.9. The van der Waals surface area contributed by atoms with Crippen molar-refractivity contribution in [1.82, 2.24) is 0 Å². The van der Waals surface area contributed by atoms with Gasteiger partial charge in [0.25, 0.3) is 0 Å². The number of hydrogen-bond donors (Lipinski definition) is 1. The number of carboxylic acids is 1. The molecule has 0 radical (unpaired) electrons. The van der Waals surface area contributed by atoms with Crippen LogP contribution in [0.1, 0.15) is 44.2 Å². The van der Waals surface area contributed by atoms with Gasteiger partial charge in [-0.1, -0.05) is 32.9 Å². The van der Waals surface area contributed by atoms with E-state index in [9.17, 15) is 9.18 Å². The number of carboxylic acid groups (broad SMARTS) is 1. The van der Waals surface area contributed by atoms with Crippen molar-refractivity contribution in [3.05, 3.63) is 35.1 Å². The minimum atomic E-state index is -0.782. The van der Waals surface area contributed by atoms with Crippen LogP contribution in [0, 0.1) is 11.7 Å². The van der Waals surface area contributed by atoms with Gasteiger partial charge in [-0.15, -0.1) is 0 Å². The molecule has 0 bridgehead atoms. The smallest absolute Gasteiger partial charge is 0.307 e. The van der Waals surface area contributed by atoms with E-state index in [0.29, 0.717) is 12.0 Å². The van der Waals surface area contributed by atoms with Gasteiger partial charge >= 0.3 is 5.97 Å². The Morgan fingerprint density at radius 2 is 2.06 bits per heavy atom. The van der Waals surface area contributed by atoms with E-state index in [1.165, 1.54) is 6.07 Å². The molecule has 3 heteroatoms. The molecule has 2 rings (SSSR count). The average Bonchev–Trinajstić information content (AvgIpc) is 2.94. The number of rotatable bonds is 2. The Bertz CT molecular complexity index is 460. The molecule has 1 aliphatic rings. The maximum atomic E-state index is 13.9. The van der Waals surface area contributed by atoms with Crippen molar-refractivity contribution in [2.45, 2.75) is 38.5 Å². The Morgan fingerprint density at radius 3 is 2.47 bits per heavy atom. The number of aliphatic carboxylic acids is 1. The summed E-state index contributed by atoms with van der Waals surface area (Å²) in [6.45, 7) is 5.88. The van der Waals surface area contributed by atoms with Gasteiger partial charge in [0, 0.05) is 0 Å². The van der Waals surface area contributed by atoms with Crippen molar-refractivity contribution in [1.29, 1.82) is 0 Å². The lowest BCUT2D eigenvalue weighted by molar-refractivity contribution is -0.138. The molecule has 1 aliphatic carbocycles. The molecule has 1 N–H and O–H groups in total. The quantitative estimate of drug-likeness (QED) is 0.855. The van der Waals surface area contributed by atoms with Crippen molar-refractivity contribution in [2.24, 2.45) is 5.92 Å². The van der Waals surface area contributed by atoms with Crippen molar-refractivity contribution in [3.8, 4) is 0 Å². The Balaban J connectivity index is 2.24. The van der Waals surface area contributed by atoms with Crippen LogP contribution in [0.25, 0.3) is 0 Å². The first-order valence-electron chi connectivity index (χ1n) is 5.83. The van der Waals surface area contributed by atoms with Crippen LogP contribution in [0.5, 0.6) is 0 Å². The number of carbonyl (C=O) groups is 1. The van der Waals surface area contributed by atoms with E-state index in [4.69, 9.17) is 5.11 Å². The molecule has 2 nitrogen and oxygen atoms in total. The molecule has 1 aromatic rings. The zero-order valence-electron chi connectivity index (χ0n) is 10.3. The second-order valence-corrected chi connectivity index (χ2v) is 5.78. The molecule has 1 saturated carbocycles. The molecule has 1 fully saturated rings. The summed E-state index contributed by atoms with van der Waals surface area (Å²) >= 11 is 0. The van der Waals surface area contributed by atoms with Crippen LogP contribution in [-0.4, -0.2) is 11.1 Å². The SMILES string of the molecule is CC(C)(C)c1ccc(C2CC2C(=O)O)cc1F. The fourth-order valence-corrected chi connectivity index (χ4v) is 2.21. The van der Waals surface area contributed by atoms with Crippen LogP contribution in [-0.2, 0) is 10.2 Å². The lowest BCUT2D eigenvalue weighted by Gasteiger charge is -2.20. The van der Waals surface area contributed by atoms with Crippen LogP contribution >= 0.6 is 0 Å². The van der Waals surface area contributed by atoms with Gasteiger partial charge in [0.2, 0.25) is 0 Å². The first-order valence-corrected chi connectivity index (χ1v) is 5.83. The van der Waals surface area contributed by atoms with Crippen LogP contribution in [0.2, 0.25) is 0 Å². The van der Waals surface area contributed by atoms with Gasteiger partial charge in [0.15, 0.2) is 0 Å². The van der Waals surface area contributed by atoms with E-state index in [-0.39, 0.29) is 23.1 Å². The third kappa shape index (κ3) is 2.33. The molecular formula is C14H17FO2. The third-order valence-corrected chi connectivity index (χ3v) is 3.34. The first-order chi connectivity index (χ1) is 7.80. The molecular weight excluding hydrogens is 219 g/mol. The molecule has 92 valence electrons. The highest BCUT2D eigenvalue weighted by Gasteiger charge is 2.44. The molecule has 0 aliphatic heterocycles. The van der Waals surface area contributed by atoms with Gasteiger partial charge < -0.3 is 5.11 Å². The summed E-state index contributed by atoms with van der Waals surface area (Å²) in [5.41, 5.74) is 1.26. The Hall–Kier alpha value is -1.38. The van der Waals surface area contributed by atoms with E-state index in [2.05, 4.69) is 0 Å². The minimum absolute atomic E-state index is 0.00369. The predicted octanol–water partition coefficient (Wildman–Crippen LogP) is 3.31. The number of hydrogen-bond acceptors (Lipinski definition) is 1. The summed E-state index contributed by atoms with van der Waals surface area (Å²) in [5, 5.41) is 8.84. The van der Waals surface area contributed by atoms with E-state index in [0.717, 1.165) is 5.56 Å². The lowest BCUT2D eigenvalue weighted by Crippen LogP contribution is -2.13. The molecule has 17 heavy (non-hydrogen) atoms. The Kier molecular flexibility index (Phi) is 2.72. The predicted molar refractivity (Wildman–Crippen MR) is 63.6 cm³/mol. The summed E-state index contributed by atoms with van der Waals surface area (Å²) in [4.78, 5) is 10.8. The molecule has 0 spiro atoms. The van der Waals surface area contributed by atoms with Crippen LogP contribution in [0.15, 0.2) is 18.2 Å². The molecule has 0 amide bonds. The maximum Gasteiger partial charge on any atom is 0.307 e. The summed E-state index contributed by atoms with van der Waals surface area (Å²) in [6.07, 6.45) is 0.629.